The molecule has 3 rings (SSSR count). The molecule has 1 aliphatic carbocycles. The summed E-state index contributed by atoms with van der Waals surface area (Å²) in [4.78, 5) is 23.9. The van der Waals surface area contributed by atoms with E-state index in [0.29, 0.717) is 30.8 Å². The molecule has 2 atom stereocenters. The zero-order valence-electron chi connectivity index (χ0n) is 14.7. The second-order valence-corrected chi connectivity index (χ2v) is 8.78. The van der Waals surface area contributed by atoms with E-state index < -0.39 is 26.6 Å². The van der Waals surface area contributed by atoms with E-state index in [1.54, 1.807) is 31.2 Å². The molecule has 26 heavy (non-hydrogen) atoms. The number of fused-ring (bicyclic) bond motifs is 1. The fraction of sp³-hybridized carbons (Fsp3) is 0.529. The first-order chi connectivity index (χ1) is 12.3. The van der Waals surface area contributed by atoms with Gasteiger partial charge in [0, 0.05) is 19.3 Å². The normalized spacial score (nSPS) is 26.5. The van der Waals surface area contributed by atoms with Crippen molar-refractivity contribution < 1.29 is 27.5 Å². The average Bonchev–Trinajstić information content (AvgIpc) is 3.36. The molecular weight excluding hydrogens is 360 g/mol. The molecule has 1 saturated heterocycles. The van der Waals surface area contributed by atoms with Crippen LogP contribution < -0.4 is 10.1 Å². The Kier molecular flexibility index (Phi) is 4.94. The van der Waals surface area contributed by atoms with Gasteiger partial charge >= 0.3 is 5.97 Å². The van der Waals surface area contributed by atoms with Gasteiger partial charge in [-0.3, -0.25) is 4.79 Å². The molecule has 1 heterocycles. The molecule has 1 N–H and O–H groups in total. The number of sulfonamides is 1. The van der Waals surface area contributed by atoms with Crippen molar-refractivity contribution in [2.24, 2.45) is 5.92 Å². The van der Waals surface area contributed by atoms with Crippen LogP contribution in [0.4, 0.5) is 5.69 Å². The zero-order chi connectivity index (χ0) is 18.9. The van der Waals surface area contributed by atoms with E-state index in [2.05, 4.69) is 5.32 Å². The highest BCUT2D eigenvalue weighted by Crippen LogP contribution is 2.56. The number of hydrogen-bond donors (Lipinski definition) is 1. The SMILES string of the molecule is CCOC(=O)COc1ccc(NC(=O)[C@@]23C[C@H]2CCN(C)S3(=O)=O)cc1. The Morgan fingerprint density at radius 1 is 1.31 bits per heavy atom. The molecule has 0 spiro atoms. The quantitative estimate of drug-likeness (QED) is 0.736. The molecule has 0 unspecified atom stereocenters. The minimum atomic E-state index is -3.63. The highest BCUT2D eigenvalue weighted by molar-refractivity contribution is 7.91. The summed E-state index contributed by atoms with van der Waals surface area (Å²) in [6, 6.07) is 6.40. The smallest absolute Gasteiger partial charge is 0.344 e. The maximum absolute atomic E-state index is 12.7. The summed E-state index contributed by atoms with van der Waals surface area (Å²) in [6.07, 6.45) is 1.07. The van der Waals surface area contributed by atoms with Crippen LogP contribution in [0.3, 0.4) is 0 Å². The molecule has 2 fully saturated rings. The van der Waals surface area contributed by atoms with Gasteiger partial charge < -0.3 is 14.8 Å². The van der Waals surface area contributed by atoms with E-state index in [4.69, 9.17) is 9.47 Å². The monoisotopic (exact) mass is 382 g/mol. The van der Waals surface area contributed by atoms with Crippen molar-refractivity contribution >= 4 is 27.6 Å². The highest BCUT2D eigenvalue weighted by atomic mass is 32.2. The maximum Gasteiger partial charge on any atom is 0.344 e. The minimum absolute atomic E-state index is 0.115. The van der Waals surface area contributed by atoms with E-state index in [0.717, 1.165) is 0 Å². The lowest BCUT2D eigenvalue weighted by Gasteiger charge is -2.28. The van der Waals surface area contributed by atoms with Gasteiger partial charge in [0.05, 0.1) is 6.61 Å². The van der Waals surface area contributed by atoms with Crippen LogP contribution in [0.25, 0.3) is 0 Å². The third-order valence-corrected chi connectivity index (χ3v) is 7.48. The van der Waals surface area contributed by atoms with Crippen LogP contribution in [-0.2, 0) is 24.3 Å². The Balaban J connectivity index is 1.63. The van der Waals surface area contributed by atoms with Gasteiger partial charge in [0.2, 0.25) is 15.9 Å². The van der Waals surface area contributed by atoms with Crippen LogP contribution in [0.1, 0.15) is 19.8 Å². The number of rotatable bonds is 6. The van der Waals surface area contributed by atoms with Gasteiger partial charge in [-0.05, 0) is 49.9 Å². The fourth-order valence-corrected chi connectivity index (χ4v) is 5.44. The van der Waals surface area contributed by atoms with Gasteiger partial charge in [0.25, 0.3) is 0 Å². The van der Waals surface area contributed by atoms with E-state index in [9.17, 15) is 18.0 Å². The van der Waals surface area contributed by atoms with E-state index in [1.807, 2.05) is 0 Å². The standard InChI is InChI=1S/C17H22N2O6S/c1-3-24-15(20)11-25-14-6-4-13(5-7-14)18-16(21)17-10-12(17)8-9-19(2)26(17,22)23/h4-7,12H,3,8-11H2,1-2H3,(H,18,21)/t12-,17-/m1/s1. The van der Waals surface area contributed by atoms with Crippen LogP contribution in [0.15, 0.2) is 24.3 Å². The van der Waals surface area contributed by atoms with Crippen molar-refractivity contribution in [3.05, 3.63) is 24.3 Å². The molecule has 1 amide bonds. The number of anilines is 1. The Hall–Kier alpha value is -2.13. The van der Waals surface area contributed by atoms with E-state index >= 15 is 0 Å². The molecule has 0 bridgehead atoms. The molecule has 1 aromatic rings. The molecule has 2 aliphatic rings. The molecule has 0 aromatic heterocycles. The van der Waals surface area contributed by atoms with Crippen molar-refractivity contribution in [3.8, 4) is 5.75 Å². The van der Waals surface area contributed by atoms with Gasteiger partial charge in [-0.15, -0.1) is 0 Å². The molecule has 1 aliphatic heterocycles. The topological polar surface area (TPSA) is 102 Å². The molecule has 0 radical (unpaired) electrons. The third kappa shape index (κ3) is 3.16. The van der Waals surface area contributed by atoms with Crippen molar-refractivity contribution in [2.75, 3.05) is 32.1 Å². The molecular formula is C17H22N2O6S. The lowest BCUT2D eigenvalue weighted by Crippen LogP contribution is -2.50. The number of ether oxygens (including phenoxy) is 2. The summed E-state index contributed by atoms with van der Waals surface area (Å²) < 4.78 is 35.1. The van der Waals surface area contributed by atoms with Crippen LogP contribution in [0.2, 0.25) is 0 Å². The summed E-state index contributed by atoms with van der Waals surface area (Å²) in [6.45, 7) is 2.25. The summed E-state index contributed by atoms with van der Waals surface area (Å²) in [7, 11) is -2.13. The van der Waals surface area contributed by atoms with Crippen LogP contribution in [-0.4, -0.2) is 56.2 Å². The van der Waals surface area contributed by atoms with Gasteiger partial charge in [0.15, 0.2) is 11.4 Å². The average molecular weight is 382 g/mol. The molecule has 142 valence electrons. The van der Waals surface area contributed by atoms with Crippen molar-refractivity contribution in [3.63, 3.8) is 0 Å². The number of hydrogen-bond acceptors (Lipinski definition) is 6. The van der Waals surface area contributed by atoms with Crippen LogP contribution in [0.5, 0.6) is 5.75 Å². The largest absolute Gasteiger partial charge is 0.482 e. The maximum atomic E-state index is 12.7. The molecule has 8 nitrogen and oxygen atoms in total. The Bertz CT molecular complexity index is 807. The van der Waals surface area contributed by atoms with E-state index in [-0.39, 0.29) is 19.1 Å². The van der Waals surface area contributed by atoms with E-state index in [1.165, 1.54) is 11.4 Å². The summed E-state index contributed by atoms with van der Waals surface area (Å²) in [5.41, 5.74) is 0.474. The Morgan fingerprint density at radius 2 is 2.00 bits per heavy atom. The first kappa shape index (κ1) is 18.7. The molecule has 9 heteroatoms. The zero-order valence-corrected chi connectivity index (χ0v) is 15.5. The second kappa shape index (κ2) is 6.88. The Morgan fingerprint density at radius 3 is 2.65 bits per heavy atom. The number of esters is 1. The third-order valence-electron chi connectivity index (χ3n) is 4.87. The van der Waals surface area contributed by atoms with Crippen molar-refractivity contribution in [2.45, 2.75) is 24.5 Å². The lowest BCUT2D eigenvalue weighted by atomic mass is 10.2. The highest BCUT2D eigenvalue weighted by Gasteiger charge is 2.71. The van der Waals surface area contributed by atoms with Gasteiger partial charge in [-0.2, -0.15) is 0 Å². The number of carbonyl (C=O) groups excluding carboxylic acids is 2. The molecule has 1 aromatic carbocycles. The van der Waals surface area contributed by atoms with Crippen LogP contribution >= 0.6 is 0 Å². The summed E-state index contributed by atoms with van der Waals surface area (Å²) >= 11 is 0. The predicted molar refractivity (Wildman–Crippen MR) is 94.2 cm³/mol. The number of carbonyl (C=O) groups is 2. The second-order valence-electron chi connectivity index (χ2n) is 6.48. The number of nitrogens with zero attached hydrogens (tertiary/aromatic N) is 1. The van der Waals surface area contributed by atoms with Crippen LogP contribution in [0, 0.1) is 5.92 Å². The minimum Gasteiger partial charge on any atom is -0.482 e. The number of benzene rings is 1. The fourth-order valence-electron chi connectivity index (χ4n) is 3.31. The lowest BCUT2D eigenvalue weighted by molar-refractivity contribution is -0.145. The number of amides is 1. The Labute approximate surface area is 152 Å². The molecule has 1 saturated carbocycles. The first-order valence-electron chi connectivity index (χ1n) is 8.47. The summed E-state index contributed by atoms with van der Waals surface area (Å²) in [5.74, 6) is -0.621. The predicted octanol–water partition coefficient (Wildman–Crippen LogP) is 0.991. The summed E-state index contributed by atoms with van der Waals surface area (Å²) in [5, 5.41) is 2.69. The number of nitrogens with one attached hydrogen (secondary N) is 1. The van der Waals surface area contributed by atoms with Crippen molar-refractivity contribution in [1.29, 1.82) is 0 Å². The van der Waals surface area contributed by atoms with Gasteiger partial charge in [-0.1, -0.05) is 0 Å². The first-order valence-corrected chi connectivity index (χ1v) is 9.91. The van der Waals surface area contributed by atoms with Gasteiger partial charge in [0.1, 0.15) is 5.75 Å². The van der Waals surface area contributed by atoms with Gasteiger partial charge in [-0.25, -0.2) is 17.5 Å². The van der Waals surface area contributed by atoms with Crippen molar-refractivity contribution in [1.82, 2.24) is 4.31 Å².